The van der Waals surface area contributed by atoms with Crippen LogP contribution in [-0.4, -0.2) is 19.3 Å². The van der Waals surface area contributed by atoms with E-state index in [-0.39, 0.29) is 5.92 Å². The van der Waals surface area contributed by atoms with E-state index < -0.39 is 6.17 Å². The van der Waals surface area contributed by atoms with Crippen molar-refractivity contribution in [3.63, 3.8) is 0 Å². The van der Waals surface area contributed by atoms with Crippen LogP contribution < -0.4 is 5.32 Å². The van der Waals surface area contributed by atoms with E-state index >= 15 is 0 Å². The standard InChI is InChI=1S/C7H11FN2/c8-7-2-4-10-3-1-6(7)5-9/h6-7,10H,1-4H2/t6-,7-/m1/s1. The van der Waals surface area contributed by atoms with Crippen molar-refractivity contribution in [2.24, 2.45) is 5.92 Å². The lowest BCUT2D eigenvalue weighted by molar-refractivity contribution is 0.260. The molecule has 1 fully saturated rings. The maximum atomic E-state index is 12.8. The first kappa shape index (κ1) is 7.49. The van der Waals surface area contributed by atoms with Crippen LogP contribution in [0.3, 0.4) is 0 Å². The molecule has 1 aliphatic rings. The summed E-state index contributed by atoms with van der Waals surface area (Å²) in [5.41, 5.74) is 0. The van der Waals surface area contributed by atoms with E-state index in [1.54, 1.807) is 0 Å². The van der Waals surface area contributed by atoms with E-state index in [4.69, 9.17) is 5.26 Å². The Morgan fingerprint density at radius 3 is 2.80 bits per heavy atom. The Hall–Kier alpha value is -0.620. The predicted octanol–water partition coefficient (Wildman–Crippen LogP) is 0.848. The summed E-state index contributed by atoms with van der Waals surface area (Å²) in [5.74, 6) is -0.380. The molecule has 0 aromatic rings. The second-order valence-electron chi connectivity index (χ2n) is 2.58. The van der Waals surface area contributed by atoms with Gasteiger partial charge in [-0.3, -0.25) is 0 Å². The minimum absolute atomic E-state index is 0.380. The molecule has 1 saturated heterocycles. The van der Waals surface area contributed by atoms with Crippen LogP contribution >= 0.6 is 0 Å². The number of nitriles is 1. The van der Waals surface area contributed by atoms with Crippen LogP contribution in [0.1, 0.15) is 12.8 Å². The zero-order chi connectivity index (χ0) is 7.40. The molecule has 1 heterocycles. The van der Waals surface area contributed by atoms with Gasteiger partial charge in [0.15, 0.2) is 0 Å². The Bertz CT molecular complexity index is 141. The second kappa shape index (κ2) is 3.52. The van der Waals surface area contributed by atoms with E-state index in [1.807, 2.05) is 6.07 Å². The lowest BCUT2D eigenvalue weighted by Crippen LogP contribution is -2.14. The van der Waals surface area contributed by atoms with Gasteiger partial charge in [-0.25, -0.2) is 4.39 Å². The molecule has 10 heavy (non-hydrogen) atoms. The molecular formula is C7H11FN2. The number of nitrogens with one attached hydrogen (secondary N) is 1. The van der Waals surface area contributed by atoms with Crippen molar-refractivity contribution >= 4 is 0 Å². The van der Waals surface area contributed by atoms with Crippen LogP contribution in [-0.2, 0) is 0 Å². The highest BCUT2D eigenvalue weighted by molar-refractivity contribution is 4.90. The maximum absolute atomic E-state index is 12.8. The average molecular weight is 142 g/mol. The van der Waals surface area contributed by atoms with Crippen LogP contribution in [0.5, 0.6) is 0 Å². The third kappa shape index (κ3) is 1.68. The summed E-state index contributed by atoms with van der Waals surface area (Å²) in [6, 6.07) is 1.98. The molecule has 1 aliphatic heterocycles. The smallest absolute Gasteiger partial charge is 0.117 e. The normalized spacial score (nSPS) is 34.4. The van der Waals surface area contributed by atoms with Crippen molar-refractivity contribution in [1.82, 2.24) is 5.32 Å². The van der Waals surface area contributed by atoms with Crippen molar-refractivity contribution in [3.8, 4) is 6.07 Å². The summed E-state index contributed by atoms with van der Waals surface area (Å²) in [6.07, 6.45) is 0.218. The fraction of sp³-hybridized carbons (Fsp3) is 0.857. The second-order valence-corrected chi connectivity index (χ2v) is 2.58. The van der Waals surface area contributed by atoms with Gasteiger partial charge in [-0.15, -0.1) is 0 Å². The van der Waals surface area contributed by atoms with E-state index in [0.717, 1.165) is 6.54 Å². The molecule has 0 aliphatic carbocycles. The van der Waals surface area contributed by atoms with Gasteiger partial charge < -0.3 is 5.32 Å². The zero-order valence-electron chi connectivity index (χ0n) is 5.81. The number of hydrogen-bond acceptors (Lipinski definition) is 2. The first-order chi connectivity index (χ1) is 4.84. The lowest BCUT2D eigenvalue weighted by Gasteiger charge is -2.07. The molecule has 0 radical (unpaired) electrons. The SMILES string of the molecule is N#C[C@H]1CCNCC[C@H]1F. The van der Waals surface area contributed by atoms with Crippen molar-refractivity contribution in [1.29, 1.82) is 5.26 Å². The Morgan fingerprint density at radius 2 is 2.10 bits per heavy atom. The van der Waals surface area contributed by atoms with Crippen molar-refractivity contribution < 1.29 is 4.39 Å². The molecule has 0 amide bonds. The first-order valence-corrected chi connectivity index (χ1v) is 3.59. The highest BCUT2D eigenvalue weighted by atomic mass is 19.1. The number of alkyl halides is 1. The number of halogens is 1. The fourth-order valence-electron chi connectivity index (χ4n) is 1.15. The summed E-state index contributed by atoms with van der Waals surface area (Å²) >= 11 is 0. The summed E-state index contributed by atoms with van der Waals surface area (Å²) in [7, 11) is 0. The lowest BCUT2D eigenvalue weighted by atomic mass is 10.0. The Balaban J connectivity index is 2.45. The molecule has 0 saturated carbocycles. The summed E-state index contributed by atoms with van der Waals surface area (Å²) in [6.45, 7) is 1.48. The molecule has 0 aromatic carbocycles. The van der Waals surface area contributed by atoms with Gasteiger partial charge in [0, 0.05) is 0 Å². The van der Waals surface area contributed by atoms with Gasteiger partial charge >= 0.3 is 0 Å². The van der Waals surface area contributed by atoms with Gasteiger partial charge in [-0.2, -0.15) is 5.26 Å². The van der Waals surface area contributed by atoms with Gasteiger partial charge in [-0.1, -0.05) is 0 Å². The molecule has 0 bridgehead atoms. The Morgan fingerprint density at radius 1 is 1.40 bits per heavy atom. The fourth-order valence-corrected chi connectivity index (χ4v) is 1.15. The van der Waals surface area contributed by atoms with Crippen molar-refractivity contribution in [2.45, 2.75) is 19.0 Å². The largest absolute Gasteiger partial charge is 0.317 e. The van der Waals surface area contributed by atoms with Gasteiger partial charge in [0.2, 0.25) is 0 Å². The van der Waals surface area contributed by atoms with Crippen LogP contribution in [0, 0.1) is 17.2 Å². The third-order valence-corrected chi connectivity index (χ3v) is 1.83. The maximum Gasteiger partial charge on any atom is 0.117 e. The van der Waals surface area contributed by atoms with Crippen LogP contribution in [0.4, 0.5) is 4.39 Å². The van der Waals surface area contributed by atoms with E-state index in [0.29, 0.717) is 19.4 Å². The number of rotatable bonds is 0. The minimum atomic E-state index is -0.917. The van der Waals surface area contributed by atoms with Gasteiger partial charge in [0.25, 0.3) is 0 Å². The summed E-state index contributed by atoms with van der Waals surface area (Å²) in [5, 5.41) is 11.5. The molecule has 56 valence electrons. The highest BCUT2D eigenvalue weighted by Gasteiger charge is 2.21. The van der Waals surface area contributed by atoms with Gasteiger partial charge in [-0.05, 0) is 25.9 Å². The topological polar surface area (TPSA) is 35.8 Å². The molecule has 3 heteroatoms. The third-order valence-electron chi connectivity index (χ3n) is 1.83. The molecule has 0 unspecified atom stereocenters. The first-order valence-electron chi connectivity index (χ1n) is 3.59. The van der Waals surface area contributed by atoms with Crippen LogP contribution in [0.2, 0.25) is 0 Å². The van der Waals surface area contributed by atoms with Crippen LogP contribution in [0.25, 0.3) is 0 Å². The average Bonchev–Trinajstić information content (AvgIpc) is 2.13. The summed E-state index contributed by atoms with van der Waals surface area (Å²) in [4.78, 5) is 0. The van der Waals surface area contributed by atoms with Crippen LogP contribution in [0.15, 0.2) is 0 Å². The molecular weight excluding hydrogens is 131 g/mol. The molecule has 0 aromatic heterocycles. The van der Waals surface area contributed by atoms with Gasteiger partial charge in [0.05, 0.1) is 12.0 Å². The molecule has 2 nitrogen and oxygen atoms in total. The minimum Gasteiger partial charge on any atom is -0.317 e. The van der Waals surface area contributed by atoms with Crippen molar-refractivity contribution in [2.75, 3.05) is 13.1 Å². The van der Waals surface area contributed by atoms with Crippen molar-refractivity contribution in [3.05, 3.63) is 0 Å². The zero-order valence-corrected chi connectivity index (χ0v) is 5.81. The number of hydrogen-bond donors (Lipinski definition) is 1. The molecule has 0 spiro atoms. The highest BCUT2D eigenvalue weighted by Crippen LogP contribution is 2.16. The number of nitrogens with zero attached hydrogens (tertiary/aromatic N) is 1. The van der Waals surface area contributed by atoms with Gasteiger partial charge in [0.1, 0.15) is 6.17 Å². The van der Waals surface area contributed by atoms with E-state index in [2.05, 4.69) is 5.32 Å². The van der Waals surface area contributed by atoms with E-state index in [9.17, 15) is 4.39 Å². The molecule has 1 N–H and O–H groups in total. The molecule has 2 atom stereocenters. The Labute approximate surface area is 60.0 Å². The van der Waals surface area contributed by atoms with E-state index in [1.165, 1.54) is 0 Å². The molecule has 1 rings (SSSR count). The predicted molar refractivity (Wildman–Crippen MR) is 36.1 cm³/mol. The summed E-state index contributed by atoms with van der Waals surface area (Å²) < 4.78 is 12.8. The Kier molecular flexibility index (Phi) is 2.64. The monoisotopic (exact) mass is 142 g/mol. The quantitative estimate of drug-likeness (QED) is 0.544.